The van der Waals surface area contributed by atoms with Gasteiger partial charge in [-0.1, -0.05) is 0 Å². The number of piperidine rings is 1. The topological polar surface area (TPSA) is 101 Å². The molecule has 1 atom stereocenters. The summed E-state index contributed by atoms with van der Waals surface area (Å²) in [6.45, 7) is 0.975. The van der Waals surface area contributed by atoms with E-state index >= 15 is 0 Å². The highest BCUT2D eigenvalue weighted by Gasteiger charge is 2.23. The highest BCUT2D eigenvalue weighted by molar-refractivity contribution is 5.83. The number of rotatable bonds is 6. The summed E-state index contributed by atoms with van der Waals surface area (Å²) in [4.78, 5) is 33.0. The third kappa shape index (κ3) is 5.33. The van der Waals surface area contributed by atoms with Crippen molar-refractivity contribution >= 4 is 17.7 Å². The number of nitrogens with two attached hydrogens (primary N) is 1. The lowest BCUT2D eigenvalue weighted by atomic mass is 9.98. The largest absolute Gasteiger partial charge is 0.370 e. The summed E-state index contributed by atoms with van der Waals surface area (Å²) in [7, 11) is 0. The maximum absolute atomic E-state index is 11.6. The van der Waals surface area contributed by atoms with Crippen molar-refractivity contribution in [2.75, 3.05) is 13.1 Å². The van der Waals surface area contributed by atoms with Gasteiger partial charge in [0.2, 0.25) is 17.7 Å². The van der Waals surface area contributed by atoms with E-state index in [0.29, 0.717) is 38.8 Å². The van der Waals surface area contributed by atoms with Crippen LogP contribution in [-0.4, -0.2) is 30.8 Å². The van der Waals surface area contributed by atoms with E-state index in [1.807, 2.05) is 0 Å². The fourth-order valence-electron chi connectivity index (χ4n) is 1.74. The number of carbonyl (C=O) groups is 3. The van der Waals surface area contributed by atoms with E-state index in [1.165, 1.54) is 0 Å². The Kier molecular flexibility index (Phi) is 5.45. The summed E-state index contributed by atoms with van der Waals surface area (Å²) in [6, 6.07) is 0. The van der Waals surface area contributed by atoms with Crippen LogP contribution in [0.25, 0.3) is 0 Å². The third-order valence-electron chi connectivity index (χ3n) is 2.79. The SMILES string of the molecule is NC(=O)CCCCNC(=O)C1CCC(=O)NC1. The van der Waals surface area contributed by atoms with E-state index in [-0.39, 0.29) is 23.6 Å². The minimum absolute atomic E-state index is 0.00973. The van der Waals surface area contributed by atoms with Crippen molar-refractivity contribution in [1.29, 1.82) is 0 Å². The second kappa shape index (κ2) is 6.88. The number of unbranched alkanes of at least 4 members (excludes halogenated alkanes) is 1. The first-order chi connectivity index (χ1) is 8.09. The second-order valence-corrected chi connectivity index (χ2v) is 4.25. The van der Waals surface area contributed by atoms with Crippen molar-refractivity contribution in [1.82, 2.24) is 10.6 Å². The van der Waals surface area contributed by atoms with E-state index in [0.717, 1.165) is 6.42 Å². The van der Waals surface area contributed by atoms with Crippen molar-refractivity contribution < 1.29 is 14.4 Å². The van der Waals surface area contributed by atoms with Gasteiger partial charge in [0.25, 0.3) is 0 Å². The molecular formula is C11H19N3O3. The van der Waals surface area contributed by atoms with Crippen LogP contribution >= 0.6 is 0 Å². The Bertz CT molecular complexity index is 294. The van der Waals surface area contributed by atoms with Crippen LogP contribution in [-0.2, 0) is 14.4 Å². The zero-order valence-corrected chi connectivity index (χ0v) is 9.83. The van der Waals surface area contributed by atoms with E-state index in [4.69, 9.17) is 5.73 Å². The van der Waals surface area contributed by atoms with Crippen molar-refractivity contribution in [3.63, 3.8) is 0 Å². The molecule has 17 heavy (non-hydrogen) atoms. The Morgan fingerprint density at radius 2 is 2.18 bits per heavy atom. The molecule has 1 saturated heterocycles. The fourth-order valence-corrected chi connectivity index (χ4v) is 1.74. The molecule has 0 aromatic heterocycles. The van der Waals surface area contributed by atoms with E-state index in [2.05, 4.69) is 10.6 Å². The van der Waals surface area contributed by atoms with Gasteiger partial charge >= 0.3 is 0 Å². The molecule has 0 aromatic carbocycles. The van der Waals surface area contributed by atoms with Gasteiger partial charge in [-0.2, -0.15) is 0 Å². The van der Waals surface area contributed by atoms with Gasteiger partial charge in [-0.15, -0.1) is 0 Å². The first-order valence-corrected chi connectivity index (χ1v) is 5.92. The molecule has 0 radical (unpaired) electrons. The highest BCUT2D eigenvalue weighted by atomic mass is 16.2. The number of hydrogen-bond donors (Lipinski definition) is 3. The summed E-state index contributed by atoms with van der Waals surface area (Å²) in [5.74, 6) is -0.449. The molecule has 0 saturated carbocycles. The normalized spacial score (nSPS) is 19.5. The number of primary amides is 1. The smallest absolute Gasteiger partial charge is 0.224 e. The maximum atomic E-state index is 11.6. The van der Waals surface area contributed by atoms with E-state index in [9.17, 15) is 14.4 Å². The zero-order chi connectivity index (χ0) is 12.7. The van der Waals surface area contributed by atoms with Crippen LogP contribution in [0.3, 0.4) is 0 Å². The Balaban J connectivity index is 2.08. The minimum atomic E-state index is -0.314. The number of carbonyl (C=O) groups excluding carboxylic acids is 3. The predicted molar refractivity (Wildman–Crippen MR) is 61.8 cm³/mol. The molecule has 1 aliphatic heterocycles. The van der Waals surface area contributed by atoms with E-state index in [1.54, 1.807) is 0 Å². The summed E-state index contributed by atoms with van der Waals surface area (Å²) in [5, 5.41) is 5.47. The van der Waals surface area contributed by atoms with Gasteiger partial charge in [0, 0.05) is 25.9 Å². The lowest BCUT2D eigenvalue weighted by Crippen LogP contribution is -2.43. The number of amides is 3. The summed E-state index contributed by atoms with van der Waals surface area (Å²) in [5.41, 5.74) is 5.00. The number of nitrogens with one attached hydrogen (secondary N) is 2. The van der Waals surface area contributed by atoms with Gasteiger partial charge < -0.3 is 16.4 Å². The molecule has 0 spiro atoms. The molecule has 3 amide bonds. The fraction of sp³-hybridized carbons (Fsp3) is 0.727. The molecule has 0 aliphatic carbocycles. The lowest BCUT2D eigenvalue weighted by Gasteiger charge is -2.21. The van der Waals surface area contributed by atoms with E-state index < -0.39 is 0 Å². The molecule has 1 heterocycles. The van der Waals surface area contributed by atoms with Gasteiger partial charge in [-0.05, 0) is 19.3 Å². The molecular weight excluding hydrogens is 222 g/mol. The standard InChI is InChI=1S/C11H19N3O3/c12-9(15)3-1-2-6-13-11(17)8-4-5-10(16)14-7-8/h8H,1-7H2,(H2,12,15)(H,13,17)(H,14,16). The molecule has 1 aliphatic rings. The van der Waals surface area contributed by atoms with Gasteiger partial charge in [0.05, 0.1) is 5.92 Å². The van der Waals surface area contributed by atoms with Gasteiger partial charge in [0.1, 0.15) is 0 Å². The van der Waals surface area contributed by atoms with Crippen molar-refractivity contribution in [3.8, 4) is 0 Å². The quantitative estimate of drug-likeness (QED) is 0.535. The summed E-state index contributed by atoms with van der Waals surface area (Å²) >= 11 is 0. The average Bonchev–Trinajstić information content (AvgIpc) is 2.29. The Labute approximate surface area is 100 Å². The van der Waals surface area contributed by atoms with Crippen LogP contribution in [0.1, 0.15) is 32.1 Å². The van der Waals surface area contributed by atoms with Crippen LogP contribution in [0.4, 0.5) is 0 Å². The molecule has 6 nitrogen and oxygen atoms in total. The van der Waals surface area contributed by atoms with Crippen LogP contribution < -0.4 is 16.4 Å². The third-order valence-corrected chi connectivity index (χ3v) is 2.79. The van der Waals surface area contributed by atoms with Crippen LogP contribution in [0.15, 0.2) is 0 Å². The van der Waals surface area contributed by atoms with Crippen LogP contribution in [0.5, 0.6) is 0 Å². The van der Waals surface area contributed by atoms with Crippen molar-refractivity contribution in [3.05, 3.63) is 0 Å². The Morgan fingerprint density at radius 3 is 2.76 bits per heavy atom. The average molecular weight is 241 g/mol. The minimum Gasteiger partial charge on any atom is -0.370 e. The molecule has 6 heteroatoms. The van der Waals surface area contributed by atoms with Gasteiger partial charge in [-0.25, -0.2) is 0 Å². The van der Waals surface area contributed by atoms with Crippen LogP contribution in [0.2, 0.25) is 0 Å². The molecule has 96 valence electrons. The predicted octanol–water partition coefficient (Wildman–Crippen LogP) is -0.716. The molecule has 1 fully saturated rings. The Morgan fingerprint density at radius 1 is 1.41 bits per heavy atom. The lowest BCUT2D eigenvalue weighted by molar-refractivity contribution is -0.128. The molecule has 0 aromatic rings. The van der Waals surface area contributed by atoms with Crippen LogP contribution in [0, 0.1) is 5.92 Å². The van der Waals surface area contributed by atoms with Gasteiger partial charge in [0.15, 0.2) is 0 Å². The summed E-state index contributed by atoms with van der Waals surface area (Å²) in [6.07, 6.45) is 2.82. The highest BCUT2D eigenvalue weighted by Crippen LogP contribution is 2.10. The van der Waals surface area contributed by atoms with Crippen molar-refractivity contribution in [2.24, 2.45) is 11.7 Å². The maximum Gasteiger partial charge on any atom is 0.224 e. The molecule has 1 unspecified atom stereocenters. The van der Waals surface area contributed by atoms with Gasteiger partial charge in [-0.3, -0.25) is 14.4 Å². The van der Waals surface area contributed by atoms with Crippen molar-refractivity contribution in [2.45, 2.75) is 32.1 Å². The first kappa shape index (κ1) is 13.5. The molecule has 4 N–H and O–H groups in total. The molecule has 0 bridgehead atoms. The zero-order valence-electron chi connectivity index (χ0n) is 9.83. The first-order valence-electron chi connectivity index (χ1n) is 5.92. The molecule has 1 rings (SSSR count). The number of hydrogen-bond acceptors (Lipinski definition) is 3. The Hall–Kier alpha value is -1.59. The summed E-state index contributed by atoms with van der Waals surface area (Å²) < 4.78 is 0. The second-order valence-electron chi connectivity index (χ2n) is 4.25. The monoisotopic (exact) mass is 241 g/mol.